The van der Waals surface area contributed by atoms with E-state index in [4.69, 9.17) is 23.7 Å². The van der Waals surface area contributed by atoms with E-state index in [0.29, 0.717) is 52.4 Å². The molecule has 0 aromatic heterocycles. The summed E-state index contributed by atoms with van der Waals surface area (Å²) in [5, 5.41) is 0. The molecule has 1 aromatic carbocycles. The van der Waals surface area contributed by atoms with E-state index in [1.54, 1.807) is 27.7 Å². The van der Waals surface area contributed by atoms with Crippen LogP contribution in [0.15, 0.2) is 30.3 Å². The van der Waals surface area contributed by atoms with Gasteiger partial charge in [-0.15, -0.1) is 0 Å². The summed E-state index contributed by atoms with van der Waals surface area (Å²) in [5.41, 5.74) is -1.29. The van der Waals surface area contributed by atoms with Gasteiger partial charge in [-0.25, -0.2) is 0 Å². The third kappa shape index (κ3) is 20.8. The molecule has 1 unspecified atom stereocenters. The Kier molecular flexibility index (Phi) is 19.0. The lowest BCUT2D eigenvalue weighted by molar-refractivity contribution is -0.163. The molecule has 1 saturated heterocycles. The van der Waals surface area contributed by atoms with Gasteiger partial charge in [0, 0.05) is 58.8 Å². The maximum Gasteiger partial charge on any atom is 0.323 e. The predicted molar refractivity (Wildman–Crippen MR) is 204 cm³/mol. The van der Waals surface area contributed by atoms with Crippen LogP contribution >= 0.6 is 0 Å². The summed E-state index contributed by atoms with van der Waals surface area (Å²) in [6.07, 6.45) is 0.104. The van der Waals surface area contributed by atoms with Gasteiger partial charge in [0.1, 0.15) is 29.5 Å². The minimum atomic E-state index is -0.830. The van der Waals surface area contributed by atoms with E-state index in [2.05, 4.69) is 0 Å². The number of ether oxygens (including phenoxy) is 5. The van der Waals surface area contributed by atoms with Crippen LogP contribution in [0.1, 0.15) is 87.6 Å². The highest BCUT2D eigenvalue weighted by Crippen LogP contribution is 2.18. The lowest BCUT2D eigenvalue weighted by atomic mass is 10.1. The number of nitrogens with zero attached hydrogens (tertiary/aromatic N) is 4. The zero-order chi connectivity index (χ0) is 40.5. The van der Waals surface area contributed by atoms with Gasteiger partial charge in [-0.2, -0.15) is 0 Å². The number of esters is 5. The Morgan fingerprint density at radius 1 is 0.574 bits per heavy atom. The second-order valence-electron chi connectivity index (χ2n) is 16.6. The molecule has 0 bridgehead atoms. The van der Waals surface area contributed by atoms with Gasteiger partial charge in [0.2, 0.25) is 0 Å². The summed E-state index contributed by atoms with van der Waals surface area (Å²) in [5.74, 6) is -2.08. The summed E-state index contributed by atoms with van der Waals surface area (Å²) in [6, 6.07) is 8.54. The first-order valence-corrected chi connectivity index (χ1v) is 19.1. The highest BCUT2D eigenvalue weighted by Gasteiger charge is 2.33. The zero-order valence-electron chi connectivity index (χ0n) is 34.4. The van der Waals surface area contributed by atoms with Crippen molar-refractivity contribution in [3.8, 4) is 0 Å². The smallest absolute Gasteiger partial charge is 0.323 e. The first-order valence-electron chi connectivity index (χ1n) is 19.1. The van der Waals surface area contributed by atoms with E-state index in [1.807, 2.05) is 91.5 Å². The van der Waals surface area contributed by atoms with Crippen molar-refractivity contribution in [2.45, 2.75) is 112 Å². The van der Waals surface area contributed by atoms with Crippen LogP contribution in [0.5, 0.6) is 0 Å². The van der Waals surface area contributed by atoms with Crippen LogP contribution in [-0.2, 0) is 54.3 Å². The molecule has 1 heterocycles. The molecule has 0 amide bonds. The van der Waals surface area contributed by atoms with Crippen molar-refractivity contribution in [1.29, 1.82) is 0 Å². The van der Waals surface area contributed by atoms with E-state index < -0.39 is 46.7 Å². The van der Waals surface area contributed by atoms with Crippen LogP contribution in [0.25, 0.3) is 0 Å². The van der Waals surface area contributed by atoms with Crippen molar-refractivity contribution >= 4 is 29.8 Å². The Morgan fingerprint density at radius 2 is 1.00 bits per heavy atom. The maximum absolute atomic E-state index is 13.9. The molecular formula is C40H66N4O10. The summed E-state index contributed by atoms with van der Waals surface area (Å²) in [4.78, 5) is 73.4. The Bertz CT molecular complexity index is 1290. The standard InChI is InChI=1S/C40H66N4O10/c1-11-50-34(46)27-41-19-21-42(28-35(47)52-38(2,3)4)23-25-44(26-24-43(22-20-41)29-36(48)53-39(5,6)7)32(37(49)54-40(8,9)10)17-18-33(45)51-30-31-15-13-12-14-16-31/h12-16,32H,11,17-30H2,1-10H3. The summed E-state index contributed by atoms with van der Waals surface area (Å²) < 4.78 is 28.0. The van der Waals surface area contributed by atoms with Crippen molar-refractivity contribution in [2.24, 2.45) is 0 Å². The second kappa shape index (κ2) is 22.1. The molecule has 0 N–H and O–H groups in total. The summed E-state index contributed by atoms with van der Waals surface area (Å²) in [7, 11) is 0. The first-order chi connectivity index (χ1) is 25.1. The van der Waals surface area contributed by atoms with Crippen molar-refractivity contribution in [2.75, 3.05) is 78.6 Å². The molecule has 1 aliphatic rings. The second-order valence-corrected chi connectivity index (χ2v) is 16.6. The maximum atomic E-state index is 13.9. The highest BCUT2D eigenvalue weighted by molar-refractivity contribution is 5.78. The van der Waals surface area contributed by atoms with Crippen LogP contribution in [0.3, 0.4) is 0 Å². The van der Waals surface area contributed by atoms with Gasteiger partial charge in [-0.3, -0.25) is 43.6 Å². The van der Waals surface area contributed by atoms with Crippen LogP contribution in [-0.4, -0.2) is 151 Å². The molecule has 1 aromatic rings. The summed E-state index contributed by atoms with van der Waals surface area (Å²) in [6.45, 7) is 21.4. The van der Waals surface area contributed by atoms with Crippen molar-refractivity contribution in [3.63, 3.8) is 0 Å². The number of hydrogen-bond donors (Lipinski definition) is 0. The van der Waals surface area contributed by atoms with E-state index in [-0.39, 0.29) is 51.7 Å². The van der Waals surface area contributed by atoms with Gasteiger partial charge < -0.3 is 23.7 Å². The van der Waals surface area contributed by atoms with Crippen LogP contribution in [0.4, 0.5) is 0 Å². The predicted octanol–water partition coefficient (Wildman–Crippen LogP) is 3.69. The molecule has 14 heteroatoms. The summed E-state index contributed by atoms with van der Waals surface area (Å²) >= 11 is 0. The highest BCUT2D eigenvalue weighted by atomic mass is 16.6. The lowest BCUT2D eigenvalue weighted by Gasteiger charge is -2.37. The van der Waals surface area contributed by atoms with E-state index in [9.17, 15) is 24.0 Å². The molecule has 1 atom stereocenters. The van der Waals surface area contributed by atoms with Crippen LogP contribution in [0.2, 0.25) is 0 Å². The monoisotopic (exact) mass is 762 g/mol. The van der Waals surface area contributed by atoms with Gasteiger partial charge in [0.25, 0.3) is 0 Å². The van der Waals surface area contributed by atoms with Gasteiger partial charge in [-0.1, -0.05) is 30.3 Å². The molecule has 306 valence electrons. The molecule has 0 spiro atoms. The van der Waals surface area contributed by atoms with Gasteiger partial charge in [0.15, 0.2) is 0 Å². The van der Waals surface area contributed by atoms with Crippen molar-refractivity contribution < 1.29 is 47.7 Å². The Labute approximate surface area is 322 Å². The average molecular weight is 763 g/mol. The number of hydrogen-bond acceptors (Lipinski definition) is 14. The van der Waals surface area contributed by atoms with Gasteiger partial charge >= 0.3 is 29.8 Å². The fourth-order valence-corrected chi connectivity index (χ4v) is 5.72. The van der Waals surface area contributed by atoms with E-state index in [1.165, 1.54) is 0 Å². The first kappa shape index (κ1) is 46.6. The fourth-order valence-electron chi connectivity index (χ4n) is 5.72. The van der Waals surface area contributed by atoms with Crippen LogP contribution in [0, 0.1) is 0 Å². The molecule has 1 aliphatic heterocycles. The fraction of sp³-hybridized carbons (Fsp3) is 0.725. The number of rotatable bonds is 14. The Balaban J connectivity index is 2.44. The number of benzene rings is 1. The lowest BCUT2D eigenvalue weighted by Crippen LogP contribution is -2.53. The Morgan fingerprint density at radius 3 is 1.43 bits per heavy atom. The van der Waals surface area contributed by atoms with Crippen LogP contribution < -0.4 is 0 Å². The molecule has 0 aliphatic carbocycles. The normalized spacial score (nSPS) is 17.0. The zero-order valence-corrected chi connectivity index (χ0v) is 34.4. The van der Waals surface area contributed by atoms with E-state index >= 15 is 0 Å². The molecule has 2 rings (SSSR count). The third-order valence-electron chi connectivity index (χ3n) is 8.06. The number of carbonyl (C=O) groups excluding carboxylic acids is 5. The molecule has 0 radical (unpaired) electrons. The quantitative estimate of drug-likeness (QED) is 0.201. The molecule has 1 fully saturated rings. The third-order valence-corrected chi connectivity index (χ3v) is 8.06. The van der Waals surface area contributed by atoms with Gasteiger partial charge in [-0.05, 0) is 81.2 Å². The number of carbonyl (C=O) groups is 5. The average Bonchev–Trinajstić information content (AvgIpc) is 3.02. The molecule has 14 nitrogen and oxygen atoms in total. The molecule has 0 saturated carbocycles. The van der Waals surface area contributed by atoms with Crippen molar-refractivity contribution in [1.82, 2.24) is 19.6 Å². The minimum Gasteiger partial charge on any atom is -0.465 e. The van der Waals surface area contributed by atoms with E-state index in [0.717, 1.165) is 5.56 Å². The minimum absolute atomic E-state index is 0.00790. The molecular weight excluding hydrogens is 696 g/mol. The molecule has 54 heavy (non-hydrogen) atoms. The Hall–Kier alpha value is -3.59. The largest absolute Gasteiger partial charge is 0.465 e. The van der Waals surface area contributed by atoms with Crippen molar-refractivity contribution in [3.05, 3.63) is 35.9 Å². The van der Waals surface area contributed by atoms with Gasteiger partial charge in [0.05, 0.1) is 26.2 Å². The SMILES string of the molecule is CCOC(=O)CN1CCN(CC(=O)OC(C)(C)C)CCN(C(CCC(=O)OCc2ccccc2)C(=O)OC(C)(C)C)CCN(CC(=O)OC(C)(C)C)CC1. The topological polar surface area (TPSA) is 144 Å².